The fourth-order valence-corrected chi connectivity index (χ4v) is 3.16. The van der Waals surface area contributed by atoms with Gasteiger partial charge in [-0.25, -0.2) is 0 Å². The molecule has 4 nitrogen and oxygen atoms in total. The lowest BCUT2D eigenvalue weighted by atomic mass is 10.1. The van der Waals surface area contributed by atoms with Crippen LogP contribution in [-0.4, -0.2) is 37.1 Å². The van der Waals surface area contributed by atoms with E-state index in [9.17, 15) is 0 Å². The van der Waals surface area contributed by atoms with Gasteiger partial charge in [0.25, 0.3) is 0 Å². The zero-order valence-corrected chi connectivity index (χ0v) is 15.8. The van der Waals surface area contributed by atoms with Crippen LogP contribution in [-0.2, 0) is 6.54 Å². The van der Waals surface area contributed by atoms with E-state index in [4.69, 9.17) is 4.74 Å². The van der Waals surface area contributed by atoms with E-state index in [0.717, 1.165) is 54.1 Å². The van der Waals surface area contributed by atoms with Crippen LogP contribution in [0.25, 0.3) is 10.9 Å². The molecule has 0 aliphatic rings. The van der Waals surface area contributed by atoms with Crippen molar-refractivity contribution in [1.82, 2.24) is 9.88 Å². The van der Waals surface area contributed by atoms with E-state index in [-0.39, 0.29) is 0 Å². The number of aromatic nitrogens is 1. The molecule has 0 amide bonds. The molecule has 3 aromatic rings. The Morgan fingerprint density at radius 1 is 1.08 bits per heavy atom. The summed E-state index contributed by atoms with van der Waals surface area (Å²) in [6, 6.07) is 18.8. The normalized spacial score (nSPS) is 11.1. The first-order valence-electron chi connectivity index (χ1n) is 9.07. The second-order valence-electron chi connectivity index (χ2n) is 6.70. The predicted octanol–water partition coefficient (Wildman–Crippen LogP) is 4.49. The van der Waals surface area contributed by atoms with E-state index in [1.807, 2.05) is 19.1 Å². The topological polar surface area (TPSA) is 37.4 Å². The summed E-state index contributed by atoms with van der Waals surface area (Å²) < 4.78 is 5.31. The summed E-state index contributed by atoms with van der Waals surface area (Å²) >= 11 is 0. The molecule has 0 unspecified atom stereocenters. The van der Waals surface area contributed by atoms with Gasteiger partial charge in [0, 0.05) is 35.9 Å². The van der Waals surface area contributed by atoms with Gasteiger partial charge in [0.1, 0.15) is 5.75 Å². The van der Waals surface area contributed by atoms with Gasteiger partial charge in [-0.15, -0.1) is 0 Å². The molecule has 136 valence electrons. The molecule has 0 bridgehead atoms. The summed E-state index contributed by atoms with van der Waals surface area (Å²) in [4.78, 5) is 6.98. The van der Waals surface area contributed by atoms with Gasteiger partial charge in [0.2, 0.25) is 0 Å². The highest BCUT2D eigenvalue weighted by molar-refractivity contribution is 5.92. The molecule has 3 rings (SSSR count). The largest absolute Gasteiger partial charge is 0.497 e. The summed E-state index contributed by atoms with van der Waals surface area (Å²) in [6.07, 6.45) is 1.09. The smallest absolute Gasteiger partial charge is 0.121 e. The van der Waals surface area contributed by atoms with Gasteiger partial charge in [-0.05, 0) is 50.7 Å². The fourth-order valence-electron chi connectivity index (χ4n) is 3.16. The van der Waals surface area contributed by atoms with Crippen molar-refractivity contribution in [3.05, 3.63) is 65.9 Å². The lowest BCUT2D eigenvalue weighted by Crippen LogP contribution is -2.21. The maximum atomic E-state index is 5.31. The number of hydrogen-bond donors (Lipinski definition) is 1. The SMILES string of the molecule is COc1ccc2c(NCCCN(C)Cc3ccccc3)cc(C)nc2c1. The highest BCUT2D eigenvalue weighted by Gasteiger charge is 2.06. The van der Waals surface area contributed by atoms with Crippen molar-refractivity contribution in [3.8, 4) is 5.75 Å². The van der Waals surface area contributed by atoms with Crippen LogP contribution in [0.1, 0.15) is 17.7 Å². The van der Waals surface area contributed by atoms with Gasteiger partial charge in [0.15, 0.2) is 0 Å². The molecule has 0 saturated carbocycles. The molecule has 0 aliphatic heterocycles. The zero-order chi connectivity index (χ0) is 18.4. The first-order valence-corrected chi connectivity index (χ1v) is 9.07. The number of rotatable bonds is 8. The number of methoxy groups -OCH3 is 1. The van der Waals surface area contributed by atoms with Crippen LogP contribution in [0, 0.1) is 6.92 Å². The second-order valence-corrected chi connectivity index (χ2v) is 6.70. The first-order chi connectivity index (χ1) is 12.7. The maximum absolute atomic E-state index is 5.31. The number of hydrogen-bond acceptors (Lipinski definition) is 4. The number of fused-ring (bicyclic) bond motifs is 1. The van der Waals surface area contributed by atoms with Crippen LogP contribution < -0.4 is 10.1 Å². The monoisotopic (exact) mass is 349 g/mol. The molecule has 0 spiro atoms. The lowest BCUT2D eigenvalue weighted by Gasteiger charge is -2.17. The number of benzene rings is 2. The number of nitrogens with one attached hydrogen (secondary N) is 1. The molecule has 1 heterocycles. The Labute approximate surface area is 155 Å². The average molecular weight is 349 g/mol. The third kappa shape index (κ3) is 4.73. The van der Waals surface area contributed by atoms with Crippen molar-refractivity contribution in [2.24, 2.45) is 0 Å². The predicted molar refractivity (Wildman–Crippen MR) is 109 cm³/mol. The standard InChI is InChI=1S/C22H27N3O/c1-17-14-21(20-11-10-19(26-3)15-22(20)24-17)23-12-7-13-25(2)16-18-8-5-4-6-9-18/h4-6,8-11,14-15H,7,12-13,16H2,1-3H3,(H,23,24). The van der Waals surface area contributed by atoms with Crippen LogP contribution in [0.4, 0.5) is 5.69 Å². The lowest BCUT2D eigenvalue weighted by molar-refractivity contribution is 0.325. The Morgan fingerprint density at radius 2 is 1.88 bits per heavy atom. The number of pyridine rings is 1. The number of anilines is 1. The third-order valence-electron chi connectivity index (χ3n) is 4.47. The molecule has 4 heteroatoms. The van der Waals surface area contributed by atoms with Crippen LogP contribution in [0.2, 0.25) is 0 Å². The van der Waals surface area contributed by atoms with Crippen LogP contribution in [0.15, 0.2) is 54.6 Å². The van der Waals surface area contributed by atoms with Gasteiger partial charge in [-0.2, -0.15) is 0 Å². The van der Waals surface area contributed by atoms with Crippen molar-refractivity contribution in [2.75, 3.05) is 32.6 Å². The molecule has 0 atom stereocenters. The van der Waals surface area contributed by atoms with E-state index in [0.29, 0.717) is 0 Å². The average Bonchev–Trinajstić information content (AvgIpc) is 2.65. The Bertz CT molecular complexity index is 849. The summed E-state index contributed by atoms with van der Waals surface area (Å²) in [5.41, 5.74) is 4.47. The summed E-state index contributed by atoms with van der Waals surface area (Å²) in [5, 5.41) is 4.71. The molecular weight excluding hydrogens is 322 g/mol. The molecule has 26 heavy (non-hydrogen) atoms. The first kappa shape index (κ1) is 18.2. The number of nitrogens with zero attached hydrogens (tertiary/aromatic N) is 2. The highest BCUT2D eigenvalue weighted by atomic mass is 16.5. The Hall–Kier alpha value is -2.59. The fraction of sp³-hybridized carbons (Fsp3) is 0.318. The van der Waals surface area contributed by atoms with Crippen molar-refractivity contribution in [2.45, 2.75) is 19.9 Å². The highest BCUT2D eigenvalue weighted by Crippen LogP contribution is 2.26. The Morgan fingerprint density at radius 3 is 2.65 bits per heavy atom. The molecule has 2 aromatic carbocycles. The van der Waals surface area contributed by atoms with E-state index in [1.54, 1.807) is 7.11 Å². The second kappa shape index (κ2) is 8.68. The third-order valence-corrected chi connectivity index (χ3v) is 4.47. The van der Waals surface area contributed by atoms with Crippen LogP contribution in [0.3, 0.4) is 0 Å². The van der Waals surface area contributed by atoms with Crippen LogP contribution >= 0.6 is 0 Å². The maximum Gasteiger partial charge on any atom is 0.121 e. The summed E-state index contributed by atoms with van der Waals surface area (Å²) in [5.74, 6) is 0.837. The summed E-state index contributed by atoms with van der Waals surface area (Å²) in [6.45, 7) is 5.00. The minimum absolute atomic E-state index is 0.837. The Balaban J connectivity index is 1.56. The quantitative estimate of drug-likeness (QED) is 0.608. The van der Waals surface area contributed by atoms with Crippen molar-refractivity contribution >= 4 is 16.6 Å². The van der Waals surface area contributed by atoms with E-state index in [2.05, 4.69) is 64.7 Å². The minimum Gasteiger partial charge on any atom is -0.497 e. The number of ether oxygens (including phenoxy) is 1. The van der Waals surface area contributed by atoms with Gasteiger partial charge in [-0.3, -0.25) is 4.98 Å². The number of aryl methyl sites for hydroxylation is 1. The van der Waals surface area contributed by atoms with E-state index in [1.165, 1.54) is 5.56 Å². The molecule has 0 saturated heterocycles. The zero-order valence-electron chi connectivity index (χ0n) is 15.8. The molecule has 1 aromatic heterocycles. The summed E-state index contributed by atoms with van der Waals surface area (Å²) in [7, 11) is 3.85. The molecule has 0 radical (unpaired) electrons. The van der Waals surface area contributed by atoms with Crippen LogP contribution in [0.5, 0.6) is 5.75 Å². The molecule has 0 aliphatic carbocycles. The molecular formula is C22H27N3O. The minimum atomic E-state index is 0.837. The van der Waals surface area contributed by atoms with Crippen molar-refractivity contribution < 1.29 is 4.74 Å². The van der Waals surface area contributed by atoms with Gasteiger partial charge in [-0.1, -0.05) is 30.3 Å². The molecule has 1 N–H and O–H groups in total. The van der Waals surface area contributed by atoms with Gasteiger partial charge in [0.05, 0.1) is 12.6 Å². The molecule has 0 fully saturated rings. The van der Waals surface area contributed by atoms with Gasteiger partial charge >= 0.3 is 0 Å². The Kier molecular flexibility index (Phi) is 6.08. The van der Waals surface area contributed by atoms with Gasteiger partial charge < -0.3 is 15.0 Å². The van der Waals surface area contributed by atoms with E-state index < -0.39 is 0 Å². The van der Waals surface area contributed by atoms with Crippen molar-refractivity contribution in [1.29, 1.82) is 0 Å². The van der Waals surface area contributed by atoms with Crippen molar-refractivity contribution in [3.63, 3.8) is 0 Å². The van der Waals surface area contributed by atoms with E-state index >= 15 is 0 Å².